The average molecular weight is 350 g/mol. The third kappa shape index (κ3) is 4.02. The molecule has 0 amide bonds. The Morgan fingerprint density at radius 1 is 1.00 bits per heavy atom. The summed E-state index contributed by atoms with van der Waals surface area (Å²) in [6.45, 7) is 4.01. The van der Waals surface area contributed by atoms with E-state index in [0.29, 0.717) is 6.42 Å². The first kappa shape index (κ1) is 17.5. The molecule has 3 aromatic rings. The molecule has 0 atom stereocenters. The third-order valence-corrected chi connectivity index (χ3v) is 5.49. The molecule has 0 spiro atoms. The van der Waals surface area contributed by atoms with Crippen molar-refractivity contribution in [2.24, 2.45) is 7.05 Å². The van der Waals surface area contributed by atoms with E-state index in [2.05, 4.69) is 31.2 Å². The van der Waals surface area contributed by atoms with Gasteiger partial charge in [-0.15, -0.1) is 0 Å². The van der Waals surface area contributed by atoms with Crippen molar-refractivity contribution >= 4 is 11.8 Å². The molecule has 0 aliphatic heterocycles. The van der Waals surface area contributed by atoms with Gasteiger partial charge in [-0.25, -0.2) is 4.98 Å². The highest BCUT2D eigenvalue weighted by Gasteiger charge is 2.13. The number of hydrogen-bond acceptors (Lipinski definition) is 3. The average Bonchev–Trinajstić information content (AvgIpc) is 2.63. The van der Waals surface area contributed by atoms with Crippen molar-refractivity contribution in [3.05, 3.63) is 92.9 Å². The lowest BCUT2D eigenvalue weighted by atomic mass is 10.0. The largest absolute Gasteiger partial charge is 0.291 e. The molecule has 0 radical (unpaired) electrons. The minimum absolute atomic E-state index is 0.0475. The number of thioether (sulfide) groups is 1. The molecule has 0 unspecified atom stereocenters. The molecule has 1 aromatic heterocycles. The van der Waals surface area contributed by atoms with Crippen LogP contribution in [0.2, 0.25) is 0 Å². The van der Waals surface area contributed by atoms with Gasteiger partial charge in [-0.2, -0.15) is 0 Å². The van der Waals surface area contributed by atoms with Gasteiger partial charge in [0.05, 0.1) is 0 Å². The molecular weight excluding hydrogens is 328 g/mol. The molecule has 4 heteroatoms. The highest BCUT2D eigenvalue weighted by atomic mass is 32.2. The standard InChI is InChI=1S/C21H22N2OS/c1-15-9-7-8-12-18(15)13-19-16(2)22-21(23(3)20(19)24)25-14-17-10-5-4-6-11-17/h4-12H,13-14H2,1-3H3. The lowest BCUT2D eigenvalue weighted by Crippen LogP contribution is -2.26. The number of rotatable bonds is 5. The van der Waals surface area contributed by atoms with Crippen LogP contribution in [0.5, 0.6) is 0 Å². The van der Waals surface area contributed by atoms with E-state index < -0.39 is 0 Å². The van der Waals surface area contributed by atoms with Crippen molar-refractivity contribution < 1.29 is 0 Å². The predicted octanol–water partition coefficient (Wildman–Crippen LogP) is 4.28. The summed E-state index contributed by atoms with van der Waals surface area (Å²) in [5.41, 5.74) is 5.25. The summed E-state index contributed by atoms with van der Waals surface area (Å²) in [5.74, 6) is 0.803. The zero-order valence-electron chi connectivity index (χ0n) is 14.8. The third-order valence-electron chi connectivity index (χ3n) is 4.39. The van der Waals surface area contributed by atoms with Gasteiger partial charge in [-0.3, -0.25) is 9.36 Å². The summed E-state index contributed by atoms with van der Waals surface area (Å²) in [6, 6.07) is 18.4. The molecule has 25 heavy (non-hydrogen) atoms. The first-order valence-electron chi connectivity index (χ1n) is 8.34. The quantitative estimate of drug-likeness (QED) is 0.509. The molecule has 0 fully saturated rings. The number of hydrogen-bond donors (Lipinski definition) is 0. The van der Waals surface area contributed by atoms with E-state index in [-0.39, 0.29) is 5.56 Å². The van der Waals surface area contributed by atoms with E-state index in [0.717, 1.165) is 22.2 Å². The van der Waals surface area contributed by atoms with Gasteiger partial charge in [-0.1, -0.05) is 66.4 Å². The van der Waals surface area contributed by atoms with Crippen LogP contribution < -0.4 is 5.56 Å². The Bertz CT molecular complexity index is 932. The number of nitrogens with zero attached hydrogens (tertiary/aromatic N) is 2. The van der Waals surface area contributed by atoms with Gasteiger partial charge in [0.25, 0.3) is 5.56 Å². The van der Waals surface area contributed by atoms with Gasteiger partial charge >= 0.3 is 0 Å². The summed E-state index contributed by atoms with van der Waals surface area (Å²) < 4.78 is 1.67. The Morgan fingerprint density at radius 2 is 1.68 bits per heavy atom. The molecule has 1 heterocycles. The maximum absolute atomic E-state index is 12.8. The Hall–Kier alpha value is -2.33. The molecule has 0 saturated carbocycles. The second-order valence-electron chi connectivity index (χ2n) is 6.20. The smallest absolute Gasteiger partial charge is 0.257 e. The zero-order chi connectivity index (χ0) is 17.8. The van der Waals surface area contributed by atoms with Gasteiger partial charge in [0.15, 0.2) is 5.16 Å². The summed E-state index contributed by atoms with van der Waals surface area (Å²) in [5, 5.41) is 0.764. The van der Waals surface area contributed by atoms with Crippen molar-refractivity contribution in [1.29, 1.82) is 0 Å². The number of aryl methyl sites for hydroxylation is 2. The SMILES string of the molecule is Cc1ccccc1Cc1c(C)nc(SCc2ccccc2)n(C)c1=O. The summed E-state index contributed by atoms with van der Waals surface area (Å²) in [4.78, 5) is 17.5. The molecule has 0 bridgehead atoms. The molecule has 0 N–H and O–H groups in total. The van der Waals surface area contributed by atoms with E-state index >= 15 is 0 Å². The number of aromatic nitrogens is 2. The minimum Gasteiger partial charge on any atom is -0.291 e. The molecule has 0 aliphatic carbocycles. The highest BCUT2D eigenvalue weighted by Crippen LogP contribution is 2.21. The van der Waals surface area contributed by atoms with Crippen LogP contribution in [0.4, 0.5) is 0 Å². The van der Waals surface area contributed by atoms with Gasteiger partial charge in [0.1, 0.15) is 0 Å². The number of benzene rings is 2. The summed E-state index contributed by atoms with van der Waals surface area (Å²) >= 11 is 1.60. The van der Waals surface area contributed by atoms with Crippen LogP contribution >= 0.6 is 11.8 Å². The zero-order valence-corrected chi connectivity index (χ0v) is 15.6. The van der Waals surface area contributed by atoms with Gasteiger partial charge < -0.3 is 0 Å². The highest BCUT2D eigenvalue weighted by molar-refractivity contribution is 7.98. The van der Waals surface area contributed by atoms with Crippen molar-refractivity contribution in [3.8, 4) is 0 Å². The molecule has 3 rings (SSSR count). The molecule has 0 aliphatic rings. The van der Waals surface area contributed by atoms with Gasteiger partial charge in [0.2, 0.25) is 0 Å². The van der Waals surface area contributed by atoms with E-state index in [9.17, 15) is 4.79 Å². The Kier molecular flexibility index (Phi) is 5.39. The van der Waals surface area contributed by atoms with Crippen LogP contribution in [-0.2, 0) is 19.2 Å². The molecular formula is C21H22N2OS. The van der Waals surface area contributed by atoms with Crippen molar-refractivity contribution in [2.45, 2.75) is 31.2 Å². The van der Waals surface area contributed by atoms with E-state index in [1.165, 1.54) is 16.7 Å². The Labute approximate surface area is 152 Å². The van der Waals surface area contributed by atoms with Crippen molar-refractivity contribution in [1.82, 2.24) is 9.55 Å². The first-order valence-corrected chi connectivity index (χ1v) is 9.32. The second kappa shape index (κ2) is 7.70. The van der Waals surface area contributed by atoms with Crippen LogP contribution in [0.3, 0.4) is 0 Å². The van der Waals surface area contributed by atoms with Crippen molar-refractivity contribution in [2.75, 3.05) is 0 Å². The van der Waals surface area contributed by atoms with Crippen molar-refractivity contribution in [3.63, 3.8) is 0 Å². The topological polar surface area (TPSA) is 34.9 Å². The summed E-state index contributed by atoms with van der Waals surface area (Å²) in [6.07, 6.45) is 0.627. The summed E-state index contributed by atoms with van der Waals surface area (Å²) in [7, 11) is 1.81. The monoisotopic (exact) mass is 350 g/mol. The van der Waals surface area contributed by atoms with Gasteiger partial charge in [-0.05, 0) is 30.5 Å². The van der Waals surface area contributed by atoms with Crippen LogP contribution in [-0.4, -0.2) is 9.55 Å². The van der Waals surface area contributed by atoms with E-state index in [4.69, 9.17) is 4.98 Å². The molecule has 3 nitrogen and oxygen atoms in total. The van der Waals surface area contributed by atoms with Crippen LogP contribution in [0.25, 0.3) is 0 Å². The molecule has 2 aromatic carbocycles. The lowest BCUT2D eigenvalue weighted by molar-refractivity contribution is 0.683. The molecule has 128 valence electrons. The first-order chi connectivity index (χ1) is 12.1. The maximum Gasteiger partial charge on any atom is 0.257 e. The molecule has 0 saturated heterocycles. The Balaban J connectivity index is 1.87. The Morgan fingerprint density at radius 3 is 2.40 bits per heavy atom. The van der Waals surface area contributed by atoms with Gasteiger partial charge in [0, 0.05) is 30.5 Å². The van der Waals surface area contributed by atoms with E-state index in [1.807, 2.05) is 44.3 Å². The minimum atomic E-state index is 0.0475. The fourth-order valence-corrected chi connectivity index (χ4v) is 3.75. The fraction of sp³-hybridized carbons (Fsp3) is 0.238. The maximum atomic E-state index is 12.8. The second-order valence-corrected chi connectivity index (χ2v) is 7.14. The van der Waals surface area contributed by atoms with Crippen LogP contribution in [0.1, 0.15) is 27.9 Å². The normalized spacial score (nSPS) is 10.8. The van der Waals surface area contributed by atoms with Crippen LogP contribution in [0.15, 0.2) is 64.5 Å². The lowest BCUT2D eigenvalue weighted by Gasteiger charge is -2.13. The predicted molar refractivity (Wildman–Crippen MR) is 104 cm³/mol. The van der Waals surface area contributed by atoms with E-state index in [1.54, 1.807) is 16.3 Å². The fourth-order valence-electron chi connectivity index (χ4n) is 2.78. The van der Waals surface area contributed by atoms with Crippen LogP contribution in [0, 0.1) is 13.8 Å².